The van der Waals surface area contributed by atoms with Gasteiger partial charge in [0.2, 0.25) is 0 Å². The largest absolute Gasteiger partial charge is 0.289 e. The van der Waals surface area contributed by atoms with E-state index >= 15 is 0 Å². The predicted molar refractivity (Wildman–Crippen MR) is 97.1 cm³/mol. The number of carbonyl (C=O) groups excluding carboxylic acids is 1. The Morgan fingerprint density at radius 1 is 0.833 bits per heavy atom. The summed E-state index contributed by atoms with van der Waals surface area (Å²) in [6, 6.07) is 16.1. The Bertz CT molecular complexity index is 874. The van der Waals surface area contributed by atoms with Crippen molar-refractivity contribution in [3.8, 4) is 0 Å². The molecule has 0 aliphatic rings. The molecule has 5 heteroatoms. The van der Waals surface area contributed by atoms with Gasteiger partial charge in [-0.1, -0.05) is 46.9 Å². The van der Waals surface area contributed by atoms with Gasteiger partial charge in [0.05, 0.1) is 5.02 Å². The SMILES string of the molecule is O=C(c1cc[n+](Cc2ccc(Cl)cc2)cc1)c1cc(Cl)ccc1Cl. The number of halogens is 3. The maximum Gasteiger partial charge on any atom is 0.195 e. The fraction of sp³-hybridized carbons (Fsp3) is 0.0526. The van der Waals surface area contributed by atoms with Crippen molar-refractivity contribution in [2.45, 2.75) is 6.54 Å². The summed E-state index contributed by atoms with van der Waals surface area (Å²) in [5.41, 5.74) is 2.09. The van der Waals surface area contributed by atoms with Gasteiger partial charge in [0, 0.05) is 38.9 Å². The third-order valence-corrected chi connectivity index (χ3v) is 4.42. The average Bonchev–Trinajstić information content (AvgIpc) is 2.59. The van der Waals surface area contributed by atoms with E-state index in [2.05, 4.69) is 0 Å². The van der Waals surface area contributed by atoms with E-state index in [9.17, 15) is 4.79 Å². The van der Waals surface area contributed by atoms with Crippen LogP contribution in [0.5, 0.6) is 0 Å². The van der Waals surface area contributed by atoms with Crippen molar-refractivity contribution in [2.24, 2.45) is 0 Å². The first-order valence-corrected chi connectivity index (χ1v) is 8.39. The summed E-state index contributed by atoms with van der Waals surface area (Å²) in [7, 11) is 0. The Hall–Kier alpha value is -1.87. The molecule has 0 bridgehead atoms. The molecule has 3 aromatic rings. The number of nitrogens with zero attached hydrogens (tertiary/aromatic N) is 1. The van der Waals surface area contributed by atoms with Gasteiger partial charge in [-0.15, -0.1) is 0 Å². The molecule has 0 unspecified atom stereocenters. The fourth-order valence-electron chi connectivity index (χ4n) is 2.34. The van der Waals surface area contributed by atoms with E-state index in [1.165, 1.54) is 0 Å². The van der Waals surface area contributed by atoms with Crippen molar-refractivity contribution in [1.82, 2.24) is 0 Å². The highest BCUT2D eigenvalue weighted by Gasteiger charge is 2.15. The maximum absolute atomic E-state index is 12.6. The molecule has 1 heterocycles. The fourth-order valence-corrected chi connectivity index (χ4v) is 2.84. The molecule has 0 saturated carbocycles. The van der Waals surface area contributed by atoms with Gasteiger partial charge in [-0.3, -0.25) is 4.79 Å². The lowest BCUT2D eigenvalue weighted by atomic mass is 10.0. The van der Waals surface area contributed by atoms with E-state index in [0.29, 0.717) is 32.7 Å². The Kier molecular flexibility index (Phi) is 5.20. The number of pyridine rings is 1. The molecule has 120 valence electrons. The molecule has 0 aliphatic heterocycles. The summed E-state index contributed by atoms with van der Waals surface area (Å²) in [5, 5.41) is 1.59. The van der Waals surface area contributed by atoms with E-state index in [4.69, 9.17) is 34.8 Å². The highest BCUT2D eigenvalue weighted by molar-refractivity contribution is 6.36. The van der Waals surface area contributed by atoms with Crippen LogP contribution in [-0.4, -0.2) is 5.78 Å². The molecule has 2 nitrogen and oxygen atoms in total. The highest BCUT2D eigenvalue weighted by atomic mass is 35.5. The summed E-state index contributed by atoms with van der Waals surface area (Å²) < 4.78 is 1.99. The smallest absolute Gasteiger partial charge is 0.195 e. The number of ketones is 1. The van der Waals surface area contributed by atoms with Crippen LogP contribution in [-0.2, 0) is 6.54 Å². The lowest BCUT2D eigenvalue weighted by Crippen LogP contribution is -2.33. The molecule has 0 saturated heterocycles. The minimum Gasteiger partial charge on any atom is -0.289 e. The van der Waals surface area contributed by atoms with Crippen molar-refractivity contribution in [3.05, 3.63) is 98.7 Å². The van der Waals surface area contributed by atoms with E-state index in [1.807, 2.05) is 41.2 Å². The molecule has 2 aromatic carbocycles. The predicted octanol–water partition coefficient (Wildman–Crippen LogP) is 5.21. The second kappa shape index (κ2) is 7.35. The Balaban J connectivity index is 1.80. The van der Waals surface area contributed by atoms with E-state index in [1.54, 1.807) is 30.3 Å². The lowest BCUT2D eigenvalue weighted by molar-refractivity contribution is -0.688. The van der Waals surface area contributed by atoms with Gasteiger partial charge in [-0.05, 0) is 30.3 Å². The van der Waals surface area contributed by atoms with Gasteiger partial charge in [0.15, 0.2) is 24.7 Å². The summed E-state index contributed by atoms with van der Waals surface area (Å²) in [6.07, 6.45) is 3.72. The van der Waals surface area contributed by atoms with Gasteiger partial charge in [-0.2, -0.15) is 0 Å². The zero-order chi connectivity index (χ0) is 17.1. The van der Waals surface area contributed by atoms with Crippen LogP contribution in [0, 0.1) is 0 Å². The quantitative estimate of drug-likeness (QED) is 0.451. The van der Waals surface area contributed by atoms with Crippen LogP contribution >= 0.6 is 34.8 Å². The van der Waals surface area contributed by atoms with Gasteiger partial charge < -0.3 is 0 Å². The molecule has 0 radical (unpaired) electrons. The monoisotopic (exact) mass is 376 g/mol. The van der Waals surface area contributed by atoms with Crippen LogP contribution in [0.25, 0.3) is 0 Å². The van der Waals surface area contributed by atoms with Crippen LogP contribution < -0.4 is 4.57 Å². The summed E-state index contributed by atoms with van der Waals surface area (Å²) in [5.74, 6) is -0.152. The van der Waals surface area contributed by atoms with Gasteiger partial charge in [-0.25, -0.2) is 4.57 Å². The second-order valence-corrected chi connectivity index (χ2v) is 6.62. The minimum atomic E-state index is -0.152. The lowest BCUT2D eigenvalue weighted by Gasteiger charge is -2.04. The highest BCUT2D eigenvalue weighted by Crippen LogP contribution is 2.23. The number of rotatable bonds is 4. The number of benzene rings is 2. The summed E-state index contributed by atoms with van der Waals surface area (Å²) >= 11 is 17.9. The number of carbonyl (C=O) groups is 1. The summed E-state index contributed by atoms with van der Waals surface area (Å²) in [6.45, 7) is 0.698. The van der Waals surface area contributed by atoms with Crippen molar-refractivity contribution >= 4 is 40.6 Å². The number of hydrogen-bond acceptors (Lipinski definition) is 1. The van der Waals surface area contributed by atoms with Crippen molar-refractivity contribution in [3.63, 3.8) is 0 Å². The molecule has 1 aromatic heterocycles. The third-order valence-electron chi connectivity index (χ3n) is 3.60. The van der Waals surface area contributed by atoms with Crippen molar-refractivity contribution in [2.75, 3.05) is 0 Å². The van der Waals surface area contributed by atoms with Gasteiger partial charge >= 0.3 is 0 Å². The van der Waals surface area contributed by atoms with Crippen molar-refractivity contribution in [1.29, 1.82) is 0 Å². The Morgan fingerprint density at radius 3 is 2.12 bits per heavy atom. The molecular weight excluding hydrogens is 365 g/mol. The average molecular weight is 378 g/mol. The maximum atomic E-state index is 12.6. The standard InChI is InChI=1S/C19H13Cl3NO/c20-15-3-1-13(2-4-15)12-23-9-7-14(8-10-23)19(24)17-11-16(21)5-6-18(17)22/h1-11H,12H2/q+1. The molecule has 3 rings (SSSR count). The van der Waals surface area contributed by atoms with Gasteiger partial charge in [0.25, 0.3) is 0 Å². The van der Waals surface area contributed by atoms with Gasteiger partial charge in [0.1, 0.15) is 0 Å². The zero-order valence-corrected chi connectivity index (χ0v) is 14.8. The Morgan fingerprint density at radius 2 is 1.46 bits per heavy atom. The van der Waals surface area contributed by atoms with Crippen LogP contribution in [0.3, 0.4) is 0 Å². The van der Waals surface area contributed by atoms with Crippen LogP contribution in [0.15, 0.2) is 67.0 Å². The first-order valence-electron chi connectivity index (χ1n) is 7.26. The van der Waals surface area contributed by atoms with Crippen LogP contribution in [0.1, 0.15) is 21.5 Å². The van der Waals surface area contributed by atoms with E-state index in [-0.39, 0.29) is 5.78 Å². The molecular formula is C19H13Cl3NO+. The van der Waals surface area contributed by atoms with Crippen LogP contribution in [0.2, 0.25) is 15.1 Å². The molecule has 0 N–H and O–H groups in total. The zero-order valence-electron chi connectivity index (χ0n) is 12.5. The Labute approximate surface area is 155 Å². The number of hydrogen-bond donors (Lipinski definition) is 0. The molecule has 0 aliphatic carbocycles. The molecule has 24 heavy (non-hydrogen) atoms. The van der Waals surface area contributed by atoms with E-state index in [0.717, 1.165) is 5.56 Å². The molecule has 0 fully saturated rings. The molecule has 0 spiro atoms. The topological polar surface area (TPSA) is 20.9 Å². The number of aromatic nitrogens is 1. The first kappa shape index (κ1) is 17.0. The minimum absolute atomic E-state index is 0.152. The normalized spacial score (nSPS) is 10.6. The third kappa shape index (κ3) is 3.96. The molecule has 0 amide bonds. The summed E-state index contributed by atoms with van der Waals surface area (Å²) in [4.78, 5) is 12.6. The van der Waals surface area contributed by atoms with E-state index < -0.39 is 0 Å². The van der Waals surface area contributed by atoms with Crippen molar-refractivity contribution < 1.29 is 9.36 Å². The second-order valence-electron chi connectivity index (χ2n) is 5.34. The first-order chi connectivity index (χ1) is 11.5. The van der Waals surface area contributed by atoms with Crippen LogP contribution in [0.4, 0.5) is 0 Å². The molecule has 0 atom stereocenters.